The van der Waals surface area contributed by atoms with E-state index in [0.717, 1.165) is 0 Å². The van der Waals surface area contributed by atoms with Crippen molar-refractivity contribution in [2.45, 2.75) is 0 Å². The first-order valence-electron chi connectivity index (χ1n) is 2.76. The van der Waals surface area contributed by atoms with Gasteiger partial charge in [0.15, 0.2) is 5.69 Å². The van der Waals surface area contributed by atoms with E-state index in [2.05, 4.69) is 20.9 Å². The van der Waals surface area contributed by atoms with Crippen molar-refractivity contribution in [1.82, 2.24) is 4.98 Å². The van der Waals surface area contributed by atoms with Crippen molar-refractivity contribution in [1.29, 1.82) is 0 Å². The van der Waals surface area contributed by atoms with Gasteiger partial charge in [0.1, 0.15) is 0 Å². The predicted molar refractivity (Wildman–Crippen MR) is 53.6 cm³/mol. The molecule has 0 saturated carbocycles. The zero-order valence-corrected chi connectivity index (χ0v) is 9.12. The summed E-state index contributed by atoms with van der Waals surface area (Å²) >= 11 is 3.09. The third-order valence-corrected chi connectivity index (χ3v) is 1.83. The van der Waals surface area contributed by atoms with Gasteiger partial charge >= 0.3 is 5.97 Å². The molecule has 0 radical (unpaired) electrons. The largest absolute Gasteiger partial charge is 0.476 e. The molecular weight excluding hydrogens is 292 g/mol. The van der Waals surface area contributed by atoms with Crippen LogP contribution in [0.4, 0.5) is 5.69 Å². The van der Waals surface area contributed by atoms with Crippen LogP contribution in [0.2, 0.25) is 0 Å². The molecule has 1 aromatic heterocycles. The first-order chi connectivity index (χ1) is 5.13. The minimum atomic E-state index is -1.12. The fourth-order valence-corrected chi connectivity index (χ4v) is 0.926. The van der Waals surface area contributed by atoms with Crippen LogP contribution in [0.15, 0.2) is 16.7 Å². The highest BCUT2D eigenvalue weighted by Gasteiger charge is 2.10. The second-order valence-corrected chi connectivity index (χ2v) is 2.71. The fraction of sp³-hybridized carbons (Fsp3) is 0. The third-order valence-electron chi connectivity index (χ3n) is 1.14. The predicted octanol–water partition coefficient (Wildman–Crippen LogP) is 1.70. The van der Waals surface area contributed by atoms with Crippen molar-refractivity contribution in [2.24, 2.45) is 0 Å². The maximum Gasteiger partial charge on any atom is 0.356 e. The molecule has 0 fully saturated rings. The first-order valence-corrected chi connectivity index (χ1v) is 3.55. The SMILES string of the molecule is Br.Nc1c(Br)ccnc1C(=O)O. The monoisotopic (exact) mass is 296 g/mol. The van der Waals surface area contributed by atoms with Gasteiger partial charge in [-0.05, 0) is 22.0 Å². The summed E-state index contributed by atoms with van der Waals surface area (Å²) < 4.78 is 0.546. The van der Waals surface area contributed by atoms with Gasteiger partial charge in [0.25, 0.3) is 0 Å². The standard InChI is InChI=1S/C6H5BrN2O2.BrH/c7-3-1-2-9-5(4(3)8)6(10)11;/h1-2H,8H2,(H,10,11);1H. The van der Waals surface area contributed by atoms with Gasteiger partial charge in [0, 0.05) is 10.7 Å². The molecule has 66 valence electrons. The molecule has 0 aliphatic carbocycles. The minimum Gasteiger partial charge on any atom is -0.476 e. The lowest BCUT2D eigenvalue weighted by molar-refractivity contribution is 0.0691. The maximum absolute atomic E-state index is 10.4. The molecular formula is C6H6Br2N2O2. The molecule has 1 aromatic rings. The molecule has 0 aliphatic heterocycles. The lowest BCUT2D eigenvalue weighted by Crippen LogP contribution is -2.05. The lowest BCUT2D eigenvalue weighted by atomic mass is 10.3. The van der Waals surface area contributed by atoms with Gasteiger partial charge in [0.2, 0.25) is 0 Å². The Morgan fingerprint density at radius 2 is 2.25 bits per heavy atom. The fourth-order valence-electron chi connectivity index (χ4n) is 0.620. The number of nitrogen functional groups attached to an aromatic ring is 1. The van der Waals surface area contributed by atoms with Crippen molar-refractivity contribution in [3.05, 3.63) is 22.4 Å². The number of hydrogen-bond donors (Lipinski definition) is 2. The molecule has 1 rings (SSSR count). The maximum atomic E-state index is 10.4. The molecule has 0 saturated heterocycles. The highest BCUT2D eigenvalue weighted by Crippen LogP contribution is 2.20. The molecule has 0 aromatic carbocycles. The Hall–Kier alpha value is -0.620. The van der Waals surface area contributed by atoms with Crippen LogP contribution in [0.25, 0.3) is 0 Å². The van der Waals surface area contributed by atoms with Crippen molar-refractivity contribution in [3.8, 4) is 0 Å². The second kappa shape index (κ2) is 4.42. The summed E-state index contributed by atoms with van der Waals surface area (Å²) in [6.45, 7) is 0. The summed E-state index contributed by atoms with van der Waals surface area (Å²) in [5, 5.41) is 8.53. The van der Waals surface area contributed by atoms with E-state index in [9.17, 15) is 4.79 Å². The second-order valence-electron chi connectivity index (χ2n) is 1.86. The topological polar surface area (TPSA) is 76.2 Å². The minimum absolute atomic E-state index is 0. The Morgan fingerprint density at radius 1 is 1.67 bits per heavy atom. The van der Waals surface area contributed by atoms with Gasteiger partial charge in [-0.3, -0.25) is 0 Å². The molecule has 0 unspecified atom stereocenters. The Balaban J connectivity index is 0.00000121. The highest BCUT2D eigenvalue weighted by atomic mass is 79.9. The van der Waals surface area contributed by atoms with E-state index in [4.69, 9.17) is 10.8 Å². The average Bonchev–Trinajstić information content (AvgIpc) is 1.94. The number of halogens is 2. The Kier molecular flexibility index (Phi) is 4.19. The van der Waals surface area contributed by atoms with E-state index in [1.807, 2.05) is 0 Å². The molecule has 0 atom stereocenters. The number of nitrogens with zero attached hydrogens (tertiary/aromatic N) is 1. The van der Waals surface area contributed by atoms with Gasteiger partial charge in [-0.2, -0.15) is 0 Å². The Morgan fingerprint density at radius 3 is 2.67 bits per heavy atom. The number of aromatic nitrogens is 1. The number of carboxylic acids is 1. The van der Waals surface area contributed by atoms with E-state index in [0.29, 0.717) is 4.47 Å². The highest BCUT2D eigenvalue weighted by molar-refractivity contribution is 9.10. The Labute approximate surface area is 87.7 Å². The summed E-state index contributed by atoms with van der Waals surface area (Å²) in [6, 6.07) is 1.59. The van der Waals surface area contributed by atoms with Gasteiger partial charge in [-0.25, -0.2) is 9.78 Å². The summed E-state index contributed by atoms with van der Waals surface area (Å²) in [6.07, 6.45) is 1.38. The molecule has 1 heterocycles. The van der Waals surface area contributed by atoms with Crippen molar-refractivity contribution < 1.29 is 9.90 Å². The zero-order chi connectivity index (χ0) is 8.43. The number of anilines is 1. The van der Waals surface area contributed by atoms with Crippen LogP contribution in [0, 0.1) is 0 Å². The quantitative estimate of drug-likeness (QED) is 0.827. The van der Waals surface area contributed by atoms with Crippen LogP contribution in [0.3, 0.4) is 0 Å². The molecule has 3 N–H and O–H groups in total. The number of hydrogen-bond acceptors (Lipinski definition) is 3. The van der Waals surface area contributed by atoms with Gasteiger partial charge in [-0.15, -0.1) is 17.0 Å². The summed E-state index contributed by atoms with van der Waals surface area (Å²) in [5.41, 5.74) is 5.42. The van der Waals surface area contributed by atoms with E-state index in [1.165, 1.54) is 6.20 Å². The van der Waals surface area contributed by atoms with E-state index < -0.39 is 5.97 Å². The van der Waals surface area contributed by atoms with Crippen molar-refractivity contribution in [3.63, 3.8) is 0 Å². The van der Waals surface area contributed by atoms with Crippen LogP contribution in [0.1, 0.15) is 10.5 Å². The van der Waals surface area contributed by atoms with Crippen molar-refractivity contribution >= 4 is 44.6 Å². The number of rotatable bonds is 1. The number of carboxylic acid groups (broad SMARTS) is 1. The van der Waals surface area contributed by atoms with Crippen LogP contribution in [0.5, 0.6) is 0 Å². The summed E-state index contributed by atoms with van der Waals surface area (Å²) in [7, 11) is 0. The average molecular weight is 298 g/mol. The number of pyridine rings is 1. The third kappa shape index (κ3) is 2.18. The number of carbonyl (C=O) groups is 1. The van der Waals surface area contributed by atoms with Crippen LogP contribution >= 0.6 is 32.9 Å². The summed E-state index contributed by atoms with van der Waals surface area (Å²) in [5.74, 6) is -1.12. The molecule has 0 spiro atoms. The van der Waals surface area contributed by atoms with Crippen molar-refractivity contribution in [2.75, 3.05) is 5.73 Å². The number of aromatic carboxylic acids is 1. The molecule has 0 amide bonds. The molecule has 12 heavy (non-hydrogen) atoms. The van der Waals surface area contributed by atoms with E-state index >= 15 is 0 Å². The normalized spacial score (nSPS) is 8.75. The van der Waals surface area contributed by atoms with E-state index in [-0.39, 0.29) is 28.4 Å². The molecule has 0 bridgehead atoms. The summed E-state index contributed by atoms with van der Waals surface area (Å²) in [4.78, 5) is 14.0. The van der Waals surface area contributed by atoms with Crippen LogP contribution in [-0.4, -0.2) is 16.1 Å². The number of nitrogens with two attached hydrogens (primary N) is 1. The van der Waals surface area contributed by atoms with E-state index in [1.54, 1.807) is 6.07 Å². The molecule has 0 aliphatic rings. The van der Waals surface area contributed by atoms with Gasteiger partial charge in [-0.1, -0.05) is 0 Å². The smallest absolute Gasteiger partial charge is 0.356 e. The lowest BCUT2D eigenvalue weighted by Gasteiger charge is -1.99. The molecule has 6 heteroatoms. The zero-order valence-electron chi connectivity index (χ0n) is 5.82. The van der Waals surface area contributed by atoms with Crippen LogP contribution < -0.4 is 5.73 Å². The molecule has 4 nitrogen and oxygen atoms in total. The van der Waals surface area contributed by atoms with Gasteiger partial charge in [0.05, 0.1) is 5.69 Å². The van der Waals surface area contributed by atoms with Gasteiger partial charge < -0.3 is 10.8 Å². The Bertz CT molecular complexity index is 304. The first kappa shape index (κ1) is 11.4. The van der Waals surface area contributed by atoms with Crippen LogP contribution in [-0.2, 0) is 0 Å².